The molecule has 1 aliphatic heterocycles. The number of nitrogens with zero attached hydrogens (tertiary/aromatic N) is 1. The molecular weight excluding hydrogens is 272 g/mol. The summed E-state index contributed by atoms with van der Waals surface area (Å²) in [6.45, 7) is 3.50. The minimum absolute atomic E-state index is 0.212. The first-order valence-electron chi connectivity index (χ1n) is 7.30. The van der Waals surface area contributed by atoms with Crippen LogP contribution >= 0.6 is 0 Å². The summed E-state index contributed by atoms with van der Waals surface area (Å²) < 4.78 is 23.2. The average molecular weight is 296 g/mol. The Kier molecular flexibility index (Phi) is 5.05. The van der Waals surface area contributed by atoms with E-state index in [4.69, 9.17) is 5.73 Å². The Hall–Kier alpha value is -1.07. The SMILES string of the molecule is CCC(N)Cc1ccc(N2CCCS(=O)(=O)CC2)cc1. The van der Waals surface area contributed by atoms with Crippen molar-refractivity contribution >= 4 is 15.5 Å². The molecule has 0 saturated carbocycles. The number of rotatable bonds is 4. The third-order valence-electron chi connectivity index (χ3n) is 3.88. The number of hydrogen-bond donors (Lipinski definition) is 1. The van der Waals surface area contributed by atoms with E-state index in [0.29, 0.717) is 18.7 Å². The Labute approximate surface area is 121 Å². The molecule has 0 aliphatic carbocycles. The van der Waals surface area contributed by atoms with Crippen LogP contribution < -0.4 is 10.6 Å². The lowest BCUT2D eigenvalue weighted by Crippen LogP contribution is -2.26. The first kappa shape index (κ1) is 15.3. The van der Waals surface area contributed by atoms with Gasteiger partial charge in [-0.1, -0.05) is 19.1 Å². The molecule has 20 heavy (non-hydrogen) atoms. The van der Waals surface area contributed by atoms with Crippen LogP contribution in [0.5, 0.6) is 0 Å². The maximum absolute atomic E-state index is 11.6. The van der Waals surface area contributed by atoms with Crippen molar-refractivity contribution in [3.05, 3.63) is 29.8 Å². The molecule has 1 fully saturated rings. The van der Waals surface area contributed by atoms with Gasteiger partial charge in [0.05, 0.1) is 11.5 Å². The molecule has 0 amide bonds. The zero-order chi connectivity index (χ0) is 14.6. The molecule has 2 rings (SSSR count). The Morgan fingerprint density at radius 2 is 1.90 bits per heavy atom. The van der Waals surface area contributed by atoms with Crippen LogP contribution in [-0.4, -0.2) is 39.1 Å². The summed E-state index contributed by atoms with van der Waals surface area (Å²) in [5, 5.41) is 0. The molecule has 0 bridgehead atoms. The largest absolute Gasteiger partial charge is 0.370 e. The molecular formula is C15H24N2O2S. The third-order valence-corrected chi connectivity index (χ3v) is 5.59. The number of benzene rings is 1. The summed E-state index contributed by atoms with van der Waals surface area (Å²) in [6, 6.07) is 8.57. The van der Waals surface area contributed by atoms with E-state index in [-0.39, 0.29) is 11.8 Å². The van der Waals surface area contributed by atoms with Gasteiger partial charge in [-0.05, 0) is 37.0 Å². The fraction of sp³-hybridized carbons (Fsp3) is 0.600. The predicted molar refractivity (Wildman–Crippen MR) is 83.9 cm³/mol. The topological polar surface area (TPSA) is 63.4 Å². The summed E-state index contributed by atoms with van der Waals surface area (Å²) >= 11 is 0. The summed E-state index contributed by atoms with van der Waals surface area (Å²) in [5.74, 6) is 0.572. The van der Waals surface area contributed by atoms with Crippen molar-refractivity contribution in [2.45, 2.75) is 32.2 Å². The zero-order valence-electron chi connectivity index (χ0n) is 12.1. The molecule has 1 aromatic carbocycles. The smallest absolute Gasteiger partial charge is 0.152 e. The van der Waals surface area contributed by atoms with E-state index >= 15 is 0 Å². The van der Waals surface area contributed by atoms with Gasteiger partial charge >= 0.3 is 0 Å². The van der Waals surface area contributed by atoms with E-state index in [9.17, 15) is 8.42 Å². The maximum atomic E-state index is 11.6. The van der Waals surface area contributed by atoms with Crippen LogP contribution in [0.2, 0.25) is 0 Å². The molecule has 1 saturated heterocycles. The Morgan fingerprint density at radius 3 is 2.55 bits per heavy atom. The number of nitrogens with two attached hydrogens (primary N) is 1. The van der Waals surface area contributed by atoms with Crippen molar-refractivity contribution in [1.29, 1.82) is 0 Å². The second-order valence-electron chi connectivity index (χ2n) is 5.53. The first-order chi connectivity index (χ1) is 9.50. The molecule has 0 radical (unpaired) electrons. The van der Waals surface area contributed by atoms with E-state index in [1.54, 1.807) is 0 Å². The summed E-state index contributed by atoms with van der Waals surface area (Å²) in [7, 11) is -2.85. The Balaban J connectivity index is 2.02. The van der Waals surface area contributed by atoms with Crippen molar-refractivity contribution in [2.24, 2.45) is 5.73 Å². The molecule has 1 unspecified atom stereocenters. The lowest BCUT2D eigenvalue weighted by Gasteiger charge is -2.22. The normalized spacial score (nSPS) is 20.4. The van der Waals surface area contributed by atoms with Crippen molar-refractivity contribution in [1.82, 2.24) is 0 Å². The number of hydrogen-bond acceptors (Lipinski definition) is 4. The van der Waals surface area contributed by atoms with Gasteiger partial charge in [-0.2, -0.15) is 0 Å². The van der Waals surface area contributed by atoms with Gasteiger partial charge in [0, 0.05) is 24.8 Å². The second kappa shape index (κ2) is 6.59. The Bertz CT molecular complexity index is 525. The molecule has 5 heteroatoms. The summed E-state index contributed by atoms with van der Waals surface area (Å²) in [6.07, 6.45) is 2.59. The van der Waals surface area contributed by atoms with Crippen LogP contribution in [-0.2, 0) is 16.3 Å². The van der Waals surface area contributed by atoms with Crippen molar-refractivity contribution in [3.63, 3.8) is 0 Å². The van der Waals surface area contributed by atoms with Crippen LogP contribution in [0, 0.1) is 0 Å². The van der Waals surface area contributed by atoms with Gasteiger partial charge in [0.15, 0.2) is 9.84 Å². The standard InChI is InChI=1S/C15H24N2O2S/c1-2-14(16)12-13-4-6-15(7-5-13)17-8-3-10-20(18,19)11-9-17/h4-7,14H,2-3,8-12,16H2,1H3. The molecule has 0 aromatic heterocycles. The van der Waals surface area contributed by atoms with E-state index in [2.05, 4.69) is 36.1 Å². The molecule has 1 atom stereocenters. The van der Waals surface area contributed by atoms with E-state index in [1.165, 1.54) is 5.56 Å². The maximum Gasteiger partial charge on any atom is 0.152 e. The van der Waals surface area contributed by atoms with Gasteiger partial charge in [0.2, 0.25) is 0 Å². The highest BCUT2D eigenvalue weighted by atomic mass is 32.2. The van der Waals surface area contributed by atoms with Crippen LogP contribution in [0.25, 0.3) is 0 Å². The summed E-state index contributed by atoms with van der Waals surface area (Å²) in [5.41, 5.74) is 8.31. The lowest BCUT2D eigenvalue weighted by atomic mass is 10.0. The fourth-order valence-corrected chi connectivity index (χ4v) is 3.76. The third kappa shape index (κ3) is 4.21. The first-order valence-corrected chi connectivity index (χ1v) is 9.12. The quantitative estimate of drug-likeness (QED) is 0.916. The zero-order valence-corrected chi connectivity index (χ0v) is 12.9. The van der Waals surface area contributed by atoms with Crippen LogP contribution in [0.4, 0.5) is 5.69 Å². The highest BCUT2D eigenvalue weighted by molar-refractivity contribution is 7.91. The van der Waals surface area contributed by atoms with Crippen molar-refractivity contribution in [3.8, 4) is 0 Å². The molecule has 1 aliphatic rings. The molecule has 112 valence electrons. The molecule has 4 nitrogen and oxygen atoms in total. The minimum Gasteiger partial charge on any atom is -0.370 e. The molecule has 1 aromatic rings. The molecule has 0 spiro atoms. The van der Waals surface area contributed by atoms with Crippen molar-refractivity contribution in [2.75, 3.05) is 29.5 Å². The summed E-state index contributed by atoms with van der Waals surface area (Å²) in [4.78, 5) is 2.16. The highest BCUT2D eigenvalue weighted by Gasteiger charge is 2.19. The van der Waals surface area contributed by atoms with Crippen molar-refractivity contribution < 1.29 is 8.42 Å². The van der Waals surface area contributed by atoms with Gasteiger partial charge in [-0.3, -0.25) is 0 Å². The van der Waals surface area contributed by atoms with Gasteiger partial charge in [0.1, 0.15) is 0 Å². The predicted octanol–water partition coefficient (Wildman–Crippen LogP) is 1.59. The number of anilines is 1. The monoisotopic (exact) mass is 296 g/mol. The second-order valence-corrected chi connectivity index (χ2v) is 7.83. The highest BCUT2D eigenvalue weighted by Crippen LogP contribution is 2.18. The van der Waals surface area contributed by atoms with Gasteiger partial charge in [0.25, 0.3) is 0 Å². The Morgan fingerprint density at radius 1 is 1.20 bits per heavy atom. The molecule has 2 N–H and O–H groups in total. The minimum atomic E-state index is -2.85. The van der Waals surface area contributed by atoms with Gasteiger partial charge in [-0.15, -0.1) is 0 Å². The number of sulfone groups is 1. The van der Waals surface area contributed by atoms with E-state index in [1.807, 2.05) is 0 Å². The van der Waals surface area contributed by atoms with Gasteiger partial charge in [-0.25, -0.2) is 8.42 Å². The van der Waals surface area contributed by atoms with Crippen LogP contribution in [0.3, 0.4) is 0 Å². The van der Waals surface area contributed by atoms with Gasteiger partial charge < -0.3 is 10.6 Å². The van der Waals surface area contributed by atoms with E-state index < -0.39 is 9.84 Å². The van der Waals surface area contributed by atoms with Crippen LogP contribution in [0.15, 0.2) is 24.3 Å². The van der Waals surface area contributed by atoms with Crippen LogP contribution in [0.1, 0.15) is 25.3 Å². The molecule has 1 heterocycles. The average Bonchev–Trinajstić information content (AvgIpc) is 2.60. The fourth-order valence-electron chi connectivity index (χ4n) is 2.49. The lowest BCUT2D eigenvalue weighted by molar-refractivity contribution is 0.597. The van der Waals surface area contributed by atoms with E-state index in [0.717, 1.165) is 25.1 Å².